The minimum absolute atomic E-state index is 0.198. The van der Waals surface area contributed by atoms with Crippen LogP contribution in [0.2, 0.25) is 0 Å². The average Bonchev–Trinajstić information content (AvgIpc) is 2.85. The maximum Gasteiger partial charge on any atom is 0.154 e. The number of rotatable bonds is 2. The van der Waals surface area contributed by atoms with Gasteiger partial charge in [-0.05, 0) is 12.8 Å². The highest BCUT2D eigenvalue weighted by Crippen LogP contribution is 2.23. The van der Waals surface area contributed by atoms with Gasteiger partial charge in [-0.25, -0.2) is 13.4 Å². The third-order valence-electron chi connectivity index (χ3n) is 3.73. The average molecular weight is 255 g/mol. The molecule has 2 aliphatic rings. The molecule has 1 saturated heterocycles. The predicted octanol–water partition coefficient (Wildman–Crippen LogP) is 0.106. The molecule has 3 rings (SSSR count). The van der Waals surface area contributed by atoms with Crippen molar-refractivity contribution in [1.29, 1.82) is 0 Å². The van der Waals surface area contributed by atoms with Gasteiger partial charge in [0.2, 0.25) is 0 Å². The van der Waals surface area contributed by atoms with E-state index in [1.54, 1.807) is 6.33 Å². The lowest BCUT2D eigenvalue weighted by molar-refractivity contribution is 0.546. The van der Waals surface area contributed by atoms with E-state index in [0.717, 1.165) is 38.0 Å². The van der Waals surface area contributed by atoms with Crippen molar-refractivity contribution in [2.75, 3.05) is 12.3 Å². The lowest BCUT2D eigenvalue weighted by Gasteiger charge is -2.17. The molecule has 0 amide bonds. The molecule has 17 heavy (non-hydrogen) atoms. The second-order valence-corrected chi connectivity index (χ2v) is 7.25. The summed E-state index contributed by atoms with van der Waals surface area (Å²) in [6.07, 6.45) is 4.35. The zero-order chi connectivity index (χ0) is 11.9. The molecule has 1 atom stereocenters. The van der Waals surface area contributed by atoms with Gasteiger partial charge in [-0.3, -0.25) is 0 Å². The van der Waals surface area contributed by atoms with Crippen molar-refractivity contribution in [3.05, 3.63) is 17.7 Å². The van der Waals surface area contributed by atoms with Gasteiger partial charge < -0.3 is 9.88 Å². The Morgan fingerprint density at radius 3 is 3.18 bits per heavy atom. The zero-order valence-electron chi connectivity index (χ0n) is 9.72. The minimum Gasteiger partial charge on any atom is -0.333 e. The van der Waals surface area contributed by atoms with Crippen LogP contribution in [-0.2, 0) is 29.3 Å². The van der Waals surface area contributed by atoms with E-state index in [-0.39, 0.29) is 5.25 Å². The molecule has 0 aromatic carbocycles. The second-order valence-electron chi connectivity index (χ2n) is 4.85. The molecule has 0 radical (unpaired) electrons. The highest BCUT2D eigenvalue weighted by Gasteiger charge is 2.32. The fourth-order valence-electron chi connectivity index (χ4n) is 2.74. The van der Waals surface area contributed by atoms with E-state index in [1.807, 2.05) is 4.57 Å². The van der Waals surface area contributed by atoms with Crippen LogP contribution in [0.4, 0.5) is 0 Å². The Kier molecular flexibility index (Phi) is 2.71. The molecule has 2 aliphatic heterocycles. The molecule has 94 valence electrons. The maximum absolute atomic E-state index is 11.8. The second kappa shape index (κ2) is 4.10. The highest BCUT2D eigenvalue weighted by molar-refractivity contribution is 7.92. The van der Waals surface area contributed by atoms with Crippen LogP contribution in [0, 0.1) is 0 Å². The summed E-state index contributed by atoms with van der Waals surface area (Å²) < 4.78 is 25.7. The van der Waals surface area contributed by atoms with Crippen LogP contribution in [0.15, 0.2) is 6.33 Å². The van der Waals surface area contributed by atoms with Gasteiger partial charge >= 0.3 is 0 Å². The summed E-state index contributed by atoms with van der Waals surface area (Å²) >= 11 is 0. The van der Waals surface area contributed by atoms with Gasteiger partial charge in [0.1, 0.15) is 0 Å². The number of imidazole rings is 1. The fourth-order valence-corrected chi connectivity index (χ4v) is 4.55. The van der Waals surface area contributed by atoms with E-state index in [0.29, 0.717) is 12.3 Å². The van der Waals surface area contributed by atoms with Gasteiger partial charge in [0, 0.05) is 31.7 Å². The molecular weight excluding hydrogens is 238 g/mol. The Morgan fingerprint density at radius 2 is 2.41 bits per heavy atom. The van der Waals surface area contributed by atoms with Gasteiger partial charge in [0.05, 0.1) is 23.0 Å². The molecule has 6 heteroatoms. The monoisotopic (exact) mass is 255 g/mol. The van der Waals surface area contributed by atoms with Crippen molar-refractivity contribution in [3.63, 3.8) is 0 Å². The Bertz CT molecular complexity index is 521. The first-order chi connectivity index (χ1) is 8.17. The molecular formula is C11H17N3O2S. The fraction of sp³-hybridized carbons (Fsp3) is 0.727. The van der Waals surface area contributed by atoms with E-state index in [2.05, 4.69) is 10.3 Å². The van der Waals surface area contributed by atoms with E-state index < -0.39 is 9.84 Å². The number of nitrogens with one attached hydrogen (secondary N) is 1. The Labute approximate surface area is 101 Å². The van der Waals surface area contributed by atoms with E-state index >= 15 is 0 Å². The molecule has 0 saturated carbocycles. The van der Waals surface area contributed by atoms with Crippen molar-refractivity contribution >= 4 is 9.84 Å². The van der Waals surface area contributed by atoms with Crippen molar-refractivity contribution < 1.29 is 8.42 Å². The smallest absolute Gasteiger partial charge is 0.154 e. The molecule has 1 fully saturated rings. The number of fused-ring (bicyclic) bond motifs is 1. The molecule has 1 unspecified atom stereocenters. The Balaban J connectivity index is 1.84. The molecule has 5 nitrogen and oxygen atoms in total. The standard InChI is InChI=1S/C11H17N3O2S/c15-17(16)5-1-2-9(17)7-14-8-13-10-6-12-4-3-11(10)14/h8-9,12H,1-7H2. The first-order valence-electron chi connectivity index (χ1n) is 6.12. The number of sulfone groups is 1. The third-order valence-corrected chi connectivity index (χ3v) is 5.99. The quantitative estimate of drug-likeness (QED) is 0.814. The lowest BCUT2D eigenvalue weighted by Crippen LogP contribution is -2.27. The van der Waals surface area contributed by atoms with Crippen molar-refractivity contribution in [2.45, 2.75) is 37.6 Å². The van der Waals surface area contributed by atoms with Crippen molar-refractivity contribution in [1.82, 2.24) is 14.9 Å². The molecule has 0 spiro atoms. The largest absolute Gasteiger partial charge is 0.333 e. The number of hydrogen-bond donors (Lipinski definition) is 1. The topological polar surface area (TPSA) is 64.0 Å². The van der Waals surface area contributed by atoms with Gasteiger partial charge in [0.15, 0.2) is 9.84 Å². The van der Waals surface area contributed by atoms with Gasteiger partial charge in [-0.2, -0.15) is 0 Å². The van der Waals surface area contributed by atoms with Crippen LogP contribution in [0.25, 0.3) is 0 Å². The van der Waals surface area contributed by atoms with Crippen molar-refractivity contribution in [2.24, 2.45) is 0 Å². The van der Waals surface area contributed by atoms with Crippen molar-refractivity contribution in [3.8, 4) is 0 Å². The molecule has 1 aromatic heterocycles. The van der Waals surface area contributed by atoms with Gasteiger partial charge in [-0.15, -0.1) is 0 Å². The normalized spacial score (nSPS) is 26.9. The van der Waals surface area contributed by atoms with Crippen LogP contribution < -0.4 is 5.32 Å². The number of nitrogens with zero attached hydrogens (tertiary/aromatic N) is 2. The molecule has 0 aliphatic carbocycles. The summed E-state index contributed by atoms with van der Waals surface area (Å²) in [7, 11) is -2.85. The summed E-state index contributed by atoms with van der Waals surface area (Å²) in [6, 6.07) is 0. The van der Waals surface area contributed by atoms with Gasteiger partial charge in [-0.1, -0.05) is 0 Å². The maximum atomic E-state index is 11.8. The number of aromatic nitrogens is 2. The zero-order valence-corrected chi connectivity index (χ0v) is 10.5. The van der Waals surface area contributed by atoms with Crippen LogP contribution in [0.3, 0.4) is 0 Å². The van der Waals surface area contributed by atoms with Gasteiger partial charge in [0.25, 0.3) is 0 Å². The van der Waals surface area contributed by atoms with E-state index in [4.69, 9.17) is 0 Å². The van der Waals surface area contributed by atoms with Crippen LogP contribution in [0.1, 0.15) is 24.2 Å². The number of hydrogen-bond acceptors (Lipinski definition) is 4. The van der Waals surface area contributed by atoms with Crippen LogP contribution in [0.5, 0.6) is 0 Å². The SMILES string of the molecule is O=S1(=O)CCCC1Cn1cnc2c1CCNC2. The lowest BCUT2D eigenvalue weighted by atomic mass is 10.1. The minimum atomic E-state index is -2.85. The first kappa shape index (κ1) is 11.2. The Morgan fingerprint density at radius 1 is 1.53 bits per heavy atom. The van der Waals surface area contributed by atoms with E-state index in [1.165, 1.54) is 5.69 Å². The third kappa shape index (κ3) is 1.99. The summed E-state index contributed by atoms with van der Waals surface area (Å²) in [5.41, 5.74) is 2.29. The van der Waals surface area contributed by atoms with Crippen LogP contribution in [-0.4, -0.2) is 35.5 Å². The molecule has 0 bridgehead atoms. The molecule has 1 N–H and O–H groups in total. The summed E-state index contributed by atoms with van der Waals surface area (Å²) in [5.74, 6) is 0.357. The predicted molar refractivity (Wildman–Crippen MR) is 64.4 cm³/mol. The summed E-state index contributed by atoms with van der Waals surface area (Å²) in [6.45, 7) is 2.35. The van der Waals surface area contributed by atoms with Crippen LogP contribution >= 0.6 is 0 Å². The molecule has 1 aromatic rings. The molecule has 3 heterocycles. The van der Waals surface area contributed by atoms with E-state index in [9.17, 15) is 8.42 Å². The first-order valence-corrected chi connectivity index (χ1v) is 7.83. The summed E-state index contributed by atoms with van der Waals surface area (Å²) in [4.78, 5) is 4.35. The summed E-state index contributed by atoms with van der Waals surface area (Å²) in [5, 5.41) is 3.07. The highest BCUT2D eigenvalue weighted by atomic mass is 32.2. The Hall–Kier alpha value is -0.880.